The molecule has 2 aromatic rings. The van der Waals surface area contributed by atoms with Crippen LogP contribution < -0.4 is 11.1 Å². The van der Waals surface area contributed by atoms with Gasteiger partial charge in [-0.1, -0.05) is 0 Å². The number of thiophene rings is 1. The topological polar surface area (TPSA) is 88.3 Å². The van der Waals surface area contributed by atoms with Gasteiger partial charge in [-0.15, -0.1) is 11.3 Å². The molecule has 1 saturated heterocycles. The number of fused-ring (bicyclic) bond motifs is 1. The number of anilines is 1. The first-order valence-corrected chi connectivity index (χ1v) is 7.54. The molecule has 3 heterocycles. The first kappa shape index (κ1) is 13.8. The van der Waals surface area contributed by atoms with Crippen molar-refractivity contribution in [2.75, 3.05) is 19.3 Å². The SMILES string of the molecule is CN1CC(NC(=O)c2sc3cnccc3c2N)CCC1=O. The molecule has 3 N–H and O–H groups in total. The van der Waals surface area contributed by atoms with Crippen LogP contribution >= 0.6 is 11.3 Å². The Morgan fingerprint density at radius 3 is 3.10 bits per heavy atom. The van der Waals surface area contributed by atoms with E-state index in [1.54, 1.807) is 24.3 Å². The van der Waals surface area contributed by atoms with Crippen LogP contribution in [0.4, 0.5) is 5.69 Å². The minimum Gasteiger partial charge on any atom is -0.397 e. The number of nitrogen functional groups attached to an aromatic ring is 1. The van der Waals surface area contributed by atoms with Crippen molar-refractivity contribution in [3.63, 3.8) is 0 Å². The summed E-state index contributed by atoms with van der Waals surface area (Å²) in [5.41, 5.74) is 6.55. The number of hydrogen-bond acceptors (Lipinski definition) is 5. The Hall–Kier alpha value is -2.15. The molecule has 1 aliphatic heterocycles. The lowest BCUT2D eigenvalue weighted by Crippen LogP contribution is -2.48. The normalized spacial score (nSPS) is 19.0. The minimum atomic E-state index is -0.179. The summed E-state index contributed by atoms with van der Waals surface area (Å²) in [6.07, 6.45) is 4.50. The van der Waals surface area contributed by atoms with Crippen molar-refractivity contribution in [3.05, 3.63) is 23.3 Å². The summed E-state index contributed by atoms with van der Waals surface area (Å²) < 4.78 is 0.899. The lowest BCUT2D eigenvalue weighted by Gasteiger charge is -2.30. The number of amides is 2. The van der Waals surface area contributed by atoms with Crippen LogP contribution in [0.25, 0.3) is 10.1 Å². The van der Waals surface area contributed by atoms with Gasteiger partial charge in [0.05, 0.1) is 10.4 Å². The van der Waals surface area contributed by atoms with Crippen molar-refractivity contribution < 1.29 is 9.59 Å². The summed E-state index contributed by atoms with van der Waals surface area (Å²) in [4.78, 5) is 30.0. The molecule has 0 spiro atoms. The van der Waals surface area contributed by atoms with Crippen LogP contribution in [0.2, 0.25) is 0 Å². The lowest BCUT2D eigenvalue weighted by atomic mass is 10.1. The average Bonchev–Trinajstić information content (AvgIpc) is 2.81. The van der Waals surface area contributed by atoms with Gasteiger partial charge in [0.25, 0.3) is 5.91 Å². The van der Waals surface area contributed by atoms with Gasteiger partial charge in [-0.25, -0.2) is 0 Å². The zero-order chi connectivity index (χ0) is 15.0. The number of carbonyl (C=O) groups is 2. The Labute approximate surface area is 125 Å². The maximum absolute atomic E-state index is 12.4. The van der Waals surface area contributed by atoms with Gasteiger partial charge in [0, 0.05) is 43.8 Å². The van der Waals surface area contributed by atoms with Crippen LogP contribution in [-0.2, 0) is 4.79 Å². The van der Waals surface area contributed by atoms with Gasteiger partial charge in [0.2, 0.25) is 5.91 Å². The quantitative estimate of drug-likeness (QED) is 0.873. The van der Waals surface area contributed by atoms with E-state index in [1.165, 1.54) is 11.3 Å². The predicted molar refractivity (Wildman–Crippen MR) is 82.2 cm³/mol. The second-order valence-corrected chi connectivity index (χ2v) is 6.25. The van der Waals surface area contributed by atoms with Crippen molar-refractivity contribution in [1.82, 2.24) is 15.2 Å². The van der Waals surface area contributed by atoms with Gasteiger partial charge in [-0.2, -0.15) is 0 Å². The molecular weight excluding hydrogens is 288 g/mol. The van der Waals surface area contributed by atoms with Crippen molar-refractivity contribution in [3.8, 4) is 0 Å². The number of pyridine rings is 1. The molecule has 6 nitrogen and oxygen atoms in total. The second-order valence-electron chi connectivity index (χ2n) is 5.20. The predicted octanol–water partition coefficient (Wildman–Crippen LogP) is 1.23. The maximum Gasteiger partial charge on any atom is 0.263 e. The highest BCUT2D eigenvalue weighted by Gasteiger charge is 2.25. The molecule has 0 aliphatic carbocycles. The highest BCUT2D eigenvalue weighted by atomic mass is 32.1. The van der Waals surface area contributed by atoms with E-state index in [4.69, 9.17) is 5.73 Å². The van der Waals surface area contributed by atoms with Crippen LogP contribution in [0.1, 0.15) is 22.5 Å². The molecule has 1 aliphatic rings. The fourth-order valence-electron chi connectivity index (χ4n) is 2.52. The molecule has 21 heavy (non-hydrogen) atoms. The van der Waals surface area contributed by atoms with Gasteiger partial charge < -0.3 is 16.0 Å². The molecule has 110 valence electrons. The maximum atomic E-state index is 12.4. The third-order valence-electron chi connectivity index (χ3n) is 3.70. The van der Waals surface area contributed by atoms with Crippen LogP contribution in [-0.4, -0.2) is 41.3 Å². The standard InChI is InChI=1S/C14H16N4O2S/c1-18-7-8(2-3-11(18)19)17-14(20)13-12(15)9-4-5-16-6-10(9)21-13/h4-6,8H,2-3,7,15H2,1H3,(H,17,20). The molecule has 0 bridgehead atoms. The van der Waals surface area contributed by atoms with E-state index < -0.39 is 0 Å². The van der Waals surface area contributed by atoms with Gasteiger partial charge >= 0.3 is 0 Å². The van der Waals surface area contributed by atoms with Gasteiger partial charge in [0.15, 0.2) is 0 Å². The Morgan fingerprint density at radius 1 is 1.57 bits per heavy atom. The zero-order valence-electron chi connectivity index (χ0n) is 11.6. The smallest absolute Gasteiger partial charge is 0.263 e. The van der Waals surface area contributed by atoms with E-state index in [0.29, 0.717) is 30.0 Å². The van der Waals surface area contributed by atoms with Crippen LogP contribution in [0.3, 0.4) is 0 Å². The molecule has 2 amide bonds. The molecule has 0 aromatic carbocycles. The van der Waals surface area contributed by atoms with E-state index >= 15 is 0 Å². The van der Waals surface area contributed by atoms with E-state index in [2.05, 4.69) is 10.3 Å². The molecule has 7 heteroatoms. The first-order chi connectivity index (χ1) is 10.1. The number of nitrogens with two attached hydrogens (primary N) is 1. The third kappa shape index (κ3) is 2.56. The number of nitrogens with zero attached hydrogens (tertiary/aromatic N) is 2. The Kier molecular flexibility index (Phi) is 3.50. The monoisotopic (exact) mass is 304 g/mol. The summed E-state index contributed by atoms with van der Waals surface area (Å²) in [6, 6.07) is 1.79. The third-order valence-corrected chi connectivity index (χ3v) is 4.85. The van der Waals surface area contributed by atoms with Crippen LogP contribution in [0.5, 0.6) is 0 Å². The number of likely N-dealkylation sites (tertiary alicyclic amines) is 1. The second kappa shape index (κ2) is 5.33. The van der Waals surface area contributed by atoms with Crippen LogP contribution in [0.15, 0.2) is 18.5 Å². The molecule has 2 aromatic heterocycles. The average molecular weight is 304 g/mol. The van der Waals surface area contributed by atoms with E-state index in [9.17, 15) is 9.59 Å². The number of rotatable bonds is 2. The van der Waals surface area contributed by atoms with Gasteiger partial charge in [-0.3, -0.25) is 14.6 Å². The lowest BCUT2D eigenvalue weighted by molar-refractivity contribution is -0.132. The molecular formula is C14H16N4O2S. The molecule has 1 unspecified atom stereocenters. The fraction of sp³-hybridized carbons (Fsp3) is 0.357. The number of aromatic nitrogens is 1. The summed E-state index contributed by atoms with van der Waals surface area (Å²) in [5.74, 6) is -0.0607. The zero-order valence-corrected chi connectivity index (χ0v) is 12.4. The number of piperidine rings is 1. The highest BCUT2D eigenvalue weighted by Crippen LogP contribution is 2.32. The molecule has 3 rings (SSSR count). The number of hydrogen-bond donors (Lipinski definition) is 2. The first-order valence-electron chi connectivity index (χ1n) is 6.73. The van der Waals surface area contributed by atoms with Crippen molar-refractivity contribution in [1.29, 1.82) is 0 Å². The Morgan fingerprint density at radius 2 is 2.38 bits per heavy atom. The van der Waals surface area contributed by atoms with Crippen molar-refractivity contribution in [2.24, 2.45) is 0 Å². The summed E-state index contributed by atoms with van der Waals surface area (Å²) in [6.45, 7) is 0.539. The number of likely N-dealkylation sites (N-methyl/N-ethyl adjacent to an activating group) is 1. The van der Waals surface area contributed by atoms with E-state index in [1.807, 2.05) is 6.07 Å². The van der Waals surface area contributed by atoms with Gasteiger partial charge in [-0.05, 0) is 12.5 Å². The molecule has 1 fully saturated rings. The molecule has 0 saturated carbocycles. The van der Waals surface area contributed by atoms with Crippen molar-refractivity contribution >= 4 is 38.9 Å². The minimum absolute atomic E-state index is 0.0251. The van der Waals surface area contributed by atoms with Gasteiger partial charge in [0.1, 0.15) is 4.88 Å². The number of carbonyl (C=O) groups excluding carboxylic acids is 2. The molecule has 1 atom stereocenters. The fourth-order valence-corrected chi connectivity index (χ4v) is 3.51. The van der Waals surface area contributed by atoms with Crippen LogP contribution in [0, 0.1) is 0 Å². The Bertz CT molecular complexity index is 712. The van der Waals surface area contributed by atoms with E-state index in [-0.39, 0.29) is 17.9 Å². The largest absolute Gasteiger partial charge is 0.397 e. The molecule has 0 radical (unpaired) electrons. The van der Waals surface area contributed by atoms with Crippen molar-refractivity contribution in [2.45, 2.75) is 18.9 Å². The summed E-state index contributed by atoms with van der Waals surface area (Å²) >= 11 is 1.34. The highest BCUT2D eigenvalue weighted by molar-refractivity contribution is 7.21. The Balaban J connectivity index is 1.78. The number of nitrogens with one attached hydrogen (secondary N) is 1. The summed E-state index contributed by atoms with van der Waals surface area (Å²) in [5, 5.41) is 3.82. The summed E-state index contributed by atoms with van der Waals surface area (Å²) in [7, 11) is 1.75. The van der Waals surface area contributed by atoms with E-state index in [0.717, 1.165) is 10.1 Å².